The average molecular weight is 233 g/mol. The molecule has 2 aromatic rings. The molecule has 2 atom stereocenters. The van der Waals surface area contributed by atoms with E-state index < -0.39 is 0 Å². The Balaban J connectivity index is 2.01. The van der Waals surface area contributed by atoms with Crippen LogP contribution < -0.4 is 0 Å². The second-order valence-corrected chi connectivity index (χ2v) is 6.15. The van der Waals surface area contributed by atoms with Crippen molar-refractivity contribution in [2.75, 3.05) is 0 Å². The maximum atomic E-state index is 9.76. The molecular weight excluding hydrogens is 218 g/mol. The lowest BCUT2D eigenvalue weighted by Gasteiger charge is -2.49. The quantitative estimate of drug-likeness (QED) is 0.820. The minimum atomic E-state index is -0.170. The molecule has 2 unspecified atom stereocenters. The molecule has 2 aromatic heterocycles. The predicted molar refractivity (Wildman–Crippen MR) is 66.8 cm³/mol. The average Bonchev–Trinajstić information content (AvgIpc) is 2.72. The minimum absolute atomic E-state index is 0.00733. The largest absolute Gasteiger partial charge is 0.393 e. The molecule has 2 heterocycles. The van der Waals surface area contributed by atoms with Crippen molar-refractivity contribution in [3.8, 4) is 0 Å². The van der Waals surface area contributed by atoms with Gasteiger partial charge in [0.05, 0.1) is 16.3 Å². The molecule has 1 aliphatic carbocycles. The topological polar surface area (TPSA) is 33.1 Å². The Hall–Kier alpha value is -0.930. The highest BCUT2D eigenvalue weighted by atomic mass is 32.1. The zero-order valence-electron chi connectivity index (χ0n) is 9.47. The zero-order chi connectivity index (χ0) is 11.3. The summed E-state index contributed by atoms with van der Waals surface area (Å²) in [5.41, 5.74) is 2.34. The first-order valence-corrected chi connectivity index (χ1v) is 6.48. The first kappa shape index (κ1) is 10.2. The Labute approximate surface area is 99.0 Å². The molecule has 0 saturated heterocycles. The molecule has 2 nitrogen and oxygen atoms in total. The van der Waals surface area contributed by atoms with E-state index in [1.807, 2.05) is 12.3 Å². The van der Waals surface area contributed by atoms with Gasteiger partial charge in [-0.15, -0.1) is 11.3 Å². The molecule has 3 rings (SSSR count). The lowest BCUT2D eigenvalue weighted by atomic mass is 9.58. The highest BCUT2D eigenvalue weighted by Gasteiger charge is 2.47. The lowest BCUT2D eigenvalue weighted by Crippen LogP contribution is -2.47. The van der Waals surface area contributed by atoms with Crippen LogP contribution in [0.1, 0.15) is 31.7 Å². The lowest BCUT2D eigenvalue weighted by molar-refractivity contribution is -0.0625. The van der Waals surface area contributed by atoms with Crippen LogP contribution in [0.3, 0.4) is 0 Å². The highest BCUT2D eigenvalue weighted by Crippen LogP contribution is 2.52. The van der Waals surface area contributed by atoms with Crippen molar-refractivity contribution in [3.05, 3.63) is 29.3 Å². The second kappa shape index (κ2) is 3.28. The zero-order valence-corrected chi connectivity index (χ0v) is 10.3. The van der Waals surface area contributed by atoms with Crippen molar-refractivity contribution in [3.63, 3.8) is 0 Å². The summed E-state index contributed by atoms with van der Waals surface area (Å²) in [5.74, 6) is 0.446. The van der Waals surface area contributed by atoms with Gasteiger partial charge in [-0.25, -0.2) is 0 Å². The van der Waals surface area contributed by atoms with E-state index in [0.717, 1.165) is 11.9 Å². The third-order valence-electron chi connectivity index (χ3n) is 3.94. The Morgan fingerprint density at radius 2 is 2.31 bits per heavy atom. The molecule has 0 aliphatic heterocycles. The minimum Gasteiger partial charge on any atom is -0.393 e. The van der Waals surface area contributed by atoms with E-state index >= 15 is 0 Å². The second-order valence-electron chi connectivity index (χ2n) is 5.20. The fourth-order valence-corrected chi connectivity index (χ4v) is 3.31. The van der Waals surface area contributed by atoms with Crippen LogP contribution in [0, 0.1) is 5.41 Å². The Morgan fingerprint density at radius 1 is 1.50 bits per heavy atom. The van der Waals surface area contributed by atoms with E-state index in [-0.39, 0.29) is 11.5 Å². The van der Waals surface area contributed by atoms with Crippen molar-refractivity contribution < 1.29 is 5.11 Å². The first-order valence-electron chi connectivity index (χ1n) is 5.60. The van der Waals surface area contributed by atoms with Crippen molar-refractivity contribution in [2.24, 2.45) is 5.41 Å². The molecule has 1 saturated carbocycles. The number of thiophene rings is 1. The maximum Gasteiger partial charge on any atom is 0.0809 e. The summed E-state index contributed by atoms with van der Waals surface area (Å²) >= 11 is 1.73. The number of aromatic nitrogens is 1. The number of rotatable bonds is 1. The Bertz CT molecular complexity index is 531. The third kappa shape index (κ3) is 1.31. The number of fused-ring (bicyclic) bond motifs is 1. The van der Waals surface area contributed by atoms with Crippen LogP contribution in [0.15, 0.2) is 23.7 Å². The van der Waals surface area contributed by atoms with Crippen LogP contribution in [-0.2, 0) is 0 Å². The van der Waals surface area contributed by atoms with E-state index in [1.165, 1.54) is 10.3 Å². The smallest absolute Gasteiger partial charge is 0.0809 e. The van der Waals surface area contributed by atoms with Crippen LogP contribution >= 0.6 is 11.3 Å². The van der Waals surface area contributed by atoms with Crippen LogP contribution in [-0.4, -0.2) is 16.2 Å². The number of nitrogens with zero attached hydrogens (tertiary/aromatic N) is 1. The molecule has 0 aromatic carbocycles. The number of hydrogen-bond donors (Lipinski definition) is 1. The molecule has 1 N–H and O–H groups in total. The van der Waals surface area contributed by atoms with E-state index in [4.69, 9.17) is 0 Å². The fraction of sp³-hybridized carbons (Fsp3) is 0.462. The number of hydrogen-bond acceptors (Lipinski definition) is 3. The molecule has 0 amide bonds. The Kier molecular flexibility index (Phi) is 2.10. The summed E-state index contributed by atoms with van der Waals surface area (Å²) in [6.07, 6.45) is 2.66. The van der Waals surface area contributed by atoms with Crippen molar-refractivity contribution >= 4 is 21.6 Å². The summed E-state index contributed by atoms with van der Waals surface area (Å²) < 4.78 is 1.25. The number of aliphatic hydroxyl groups excluding tert-OH is 1. The van der Waals surface area contributed by atoms with Crippen LogP contribution in [0.5, 0.6) is 0 Å². The van der Waals surface area contributed by atoms with Crippen LogP contribution in [0.25, 0.3) is 10.2 Å². The van der Waals surface area contributed by atoms with Crippen molar-refractivity contribution in [2.45, 2.75) is 32.3 Å². The van der Waals surface area contributed by atoms with Gasteiger partial charge in [-0.2, -0.15) is 0 Å². The molecular formula is C13H15NOS. The molecule has 3 heteroatoms. The number of pyridine rings is 1. The number of aliphatic hydroxyl groups is 1. The molecule has 84 valence electrons. The normalized spacial score (nSPS) is 27.9. The molecule has 0 bridgehead atoms. The van der Waals surface area contributed by atoms with Crippen LogP contribution in [0.2, 0.25) is 0 Å². The fourth-order valence-electron chi connectivity index (χ4n) is 2.52. The molecule has 1 fully saturated rings. The monoisotopic (exact) mass is 233 g/mol. The Morgan fingerprint density at radius 3 is 3.00 bits per heavy atom. The SMILES string of the molecule is CC1(C)C(O)CC1c1cnc2ccsc2c1. The van der Waals surface area contributed by atoms with Gasteiger partial charge in [0.2, 0.25) is 0 Å². The summed E-state index contributed by atoms with van der Waals surface area (Å²) in [5, 5.41) is 11.8. The molecule has 0 radical (unpaired) electrons. The predicted octanol–water partition coefficient (Wildman–Crippen LogP) is 3.17. The van der Waals surface area contributed by atoms with Gasteiger partial charge in [0.25, 0.3) is 0 Å². The molecule has 1 aliphatic rings. The summed E-state index contributed by atoms with van der Waals surface area (Å²) in [6, 6.07) is 4.27. The van der Waals surface area contributed by atoms with E-state index in [1.54, 1.807) is 11.3 Å². The van der Waals surface area contributed by atoms with Gasteiger partial charge >= 0.3 is 0 Å². The standard InChI is InChI=1S/C13H15NOS/c1-13(2)9(6-12(13)15)8-5-11-10(14-7-8)3-4-16-11/h3-5,7,9,12,15H,6H2,1-2H3. The van der Waals surface area contributed by atoms with Gasteiger partial charge in [-0.1, -0.05) is 13.8 Å². The van der Waals surface area contributed by atoms with Gasteiger partial charge in [0, 0.05) is 6.20 Å². The highest BCUT2D eigenvalue weighted by molar-refractivity contribution is 7.17. The van der Waals surface area contributed by atoms with Crippen LogP contribution in [0.4, 0.5) is 0 Å². The van der Waals surface area contributed by atoms with Gasteiger partial charge in [-0.3, -0.25) is 4.98 Å². The van der Waals surface area contributed by atoms with E-state index in [9.17, 15) is 5.11 Å². The van der Waals surface area contributed by atoms with E-state index in [2.05, 4.69) is 30.3 Å². The third-order valence-corrected chi connectivity index (χ3v) is 4.80. The summed E-state index contributed by atoms with van der Waals surface area (Å²) in [7, 11) is 0. The first-order chi connectivity index (χ1) is 7.59. The van der Waals surface area contributed by atoms with Gasteiger partial charge in [-0.05, 0) is 40.8 Å². The maximum absolute atomic E-state index is 9.76. The molecule has 0 spiro atoms. The summed E-state index contributed by atoms with van der Waals surface area (Å²) in [4.78, 5) is 4.46. The van der Waals surface area contributed by atoms with Crippen molar-refractivity contribution in [1.29, 1.82) is 0 Å². The van der Waals surface area contributed by atoms with Gasteiger partial charge < -0.3 is 5.11 Å². The van der Waals surface area contributed by atoms with Gasteiger partial charge in [0.15, 0.2) is 0 Å². The summed E-state index contributed by atoms with van der Waals surface area (Å²) in [6.45, 7) is 4.26. The van der Waals surface area contributed by atoms with E-state index in [0.29, 0.717) is 5.92 Å². The molecule has 16 heavy (non-hydrogen) atoms. The van der Waals surface area contributed by atoms with Crippen molar-refractivity contribution in [1.82, 2.24) is 4.98 Å². The van der Waals surface area contributed by atoms with Gasteiger partial charge in [0.1, 0.15) is 0 Å².